The fourth-order valence-electron chi connectivity index (χ4n) is 2.10. The van der Waals surface area contributed by atoms with Gasteiger partial charge < -0.3 is 10.6 Å². The van der Waals surface area contributed by atoms with Gasteiger partial charge in [0.15, 0.2) is 0 Å². The third kappa shape index (κ3) is 3.53. The lowest BCUT2D eigenvalue weighted by atomic mass is 9.90. The van der Waals surface area contributed by atoms with Crippen LogP contribution in [0.25, 0.3) is 0 Å². The van der Waals surface area contributed by atoms with Crippen molar-refractivity contribution in [2.24, 2.45) is 0 Å². The molecule has 16 heavy (non-hydrogen) atoms. The third-order valence-corrected chi connectivity index (χ3v) is 2.99. The van der Waals surface area contributed by atoms with Gasteiger partial charge >= 0.3 is 0 Å². The molecule has 2 nitrogen and oxygen atoms in total. The zero-order valence-electron chi connectivity index (χ0n) is 10.7. The summed E-state index contributed by atoms with van der Waals surface area (Å²) in [5.74, 6) is 0.754. The molecule has 2 N–H and O–H groups in total. The Balaban J connectivity index is 0.000000606. The van der Waals surface area contributed by atoms with E-state index < -0.39 is 0 Å². The highest BCUT2D eigenvalue weighted by atomic mass is 14.9. The molecule has 1 aromatic rings. The molecule has 1 fully saturated rings. The monoisotopic (exact) mass is 220 g/mol. The lowest BCUT2D eigenvalue weighted by molar-refractivity contribution is 0.460. The van der Waals surface area contributed by atoms with Crippen molar-refractivity contribution in [2.45, 2.75) is 32.6 Å². The van der Waals surface area contributed by atoms with Crippen LogP contribution in [0.2, 0.25) is 0 Å². The van der Waals surface area contributed by atoms with Gasteiger partial charge in [-0.05, 0) is 49.5 Å². The van der Waals surface area contributed by atoms with Crippen LogP contribution in [0.5, 0.6) is 0 Å². The molecule has 0 unspecified atom stereocenters. The molecule has 2 rings (SSSR count). The summed E-state index contributed by atoms with van der Waals surface area (Å²) in [6, 6.07) is 8.78. The van der Waals surface area contributed by atoms with E-state index >= 15 is 0 Å². The molecule has 0 bridgehead atoms. The summed E-state index contributed by atoms with van der Waals surface area (Å²) in [5.41, 5.74) is 2.71. The Bertz CT molecular complexity index is 291. The predicted molar refractivity (Wildman–Crippen MR) is 72.2 cm³/mol. The molecule has 0 amide bonds. The molecule has 0 saturated carbocycles. The Morgan fingerprint density at radius 1 is 1.19 bits per heavy atom. The quantitative estimate of drug-likeness (QED) is 0.799. The molecule has 0 aliphatic carbocycles. The highest BCUT2D eigenvalue weighted by Gasteiger charge is 2.14. The van der Waals surface area contributed by atoms with Gasteiger partial charge in [0, 0.05) is 12.7 Å². The Hall–Kier alpha value is -1.02. The first-order chi connectivity index (χ1) is 7.90. The standard InChI is InChI=1S/C12H18N2.C2H6/c1-13-12-4-2-3-11(9-12)10-5-7-14-8-6-10;1-2/h2-4,9-10,13-14H,5-8H2,1H3;1-2H3. The maximum absolute atomic E-state index is 3.40. The van der Waals surface area contributed by atoms with Crippen molar-refractivity contribution >= 4 is 5.69 Å². The van der Waals surface area contributed by atoms with E-state index in [0.29, 0.717) is 0 Å². The number of nitrogens with one attached hydrogen (secondary N) is 2. The van der Waals surface area contributed by atoms with Crippen LogP contribution >= 0.6 is 0 Å². The zero-order valence-corrected chi connectivity index (χ0v) is 10.7. The summed E-state index contributed by atoms with van der Waals surface area (Å²) in [6.45, 7) is 6.32. The van der Waals surface area contributed by atoms with Crippen molar-refractivity contribution in [1.29, 1.82) is 0 Å². The summed E-state index contributed by atoms with van der Waals surface area (Å²) in [5, 5.41) is 6.59. The molecule has 2 heteroatoms. The lowest BCUT2D eigenvalue weighted by Crippen LogP contribution is -2.26. The Morgan fingerprint density at radius 2 is 1.88 bits per heavy atom. The fraction of sp³-hybridized carbons (Fsp3) is 0.571. The van der Waals surface area contributed by atoms with Gasteiger partial charge in [0.1, 0.15) is 0 Å². The average molecular weight is 220 g/mol. The maximum Gasteiger partial charge on any atom is 0.0340 e. The molecule has 1 saturated heterocycles. The number of anilines is 1. The zero-order chi connectivity index (χ0) is 11.8. The topological polar surface area (TPSA) is 24.1 Å². The van der Waals surface area contributed by atoms with Gasteiger partial charge in [0.2, 0.25) is 0 Å². The van der Waals surface area contributed by atoms with Gasteiger partial charge in [0.05, 0.1) is 0 Å². The van der Waals surface area contributed by atoms with Crippen LogP contribution in [0.3, 0.4) is 0 Å². The van der Waals surface area contributed by atoms with Crippen LogP contribution in [0.1, 0.15) is 38.2 Å². The minimum Gasteiger partial charge on any atom is -0.388 e. The van der Waals surface area contributed by atoms with Gasteiger partial charge in [0.25, 0.3) is 0 Å². The van der Waals surface area contributed by atoms with E-state index in [1.54, 1.807) is 0 Å². The Kier molecular flexibility index (Phi) is 5.94. The van der Waals surface area contributed by atoms with Crippen LogP contribution in [-0.2, 0) is 0 Å². The summed E-state index contributed by atoms with van der Waals surface area (Å²) in [4.78, 5) is 0. The third-order valence-electron chi connectivity index (χ3n) is 2.99. The number of rotatable bonds is 2. The van der Waals surface area contributed by atoms with E-state index in [1.165, 1.54) is 24.1 Å². The Morgan fingerprint density at radius 3 is 2.50 bits per heavy atom. The first kappa shape index (κ1) is 13.0. The molecule has 0 radical (unpaired) electrons. The highest BCUT2D eigenvalue weighted by molar-refractivity contribution is 5.46. The summed E-state index contributed by atoms with van der Waals surface area (Å²) < 4.78 is 0. The van der Waals surface area contributed by atoms with E-state index in [2.05, 4.69) is 34.9 Å². The van der Waals surface area contributed by atoms with Crippen molar-refractivity contribution in [1.82, 2.24) is 5.32 Å². The largest absolute Gasteiger partial charge is 0.388 e. The van der Waals surface area contributed by atoms with Crippen molar-refractivity contribution < 1.29 is 0 Å². The molecule has 1 aliphatic rings. The second kappa shape index (κ2) is 7.29. The Labute approximate surface area is 99.5 Å². The number of piperidine rings is 1. The fourth-order valence-corrected chi connectivity index (χ4v) is 2.10. The van der Waals surface area contributed by atoms with Gasteiger partial charge in [-0.3, -0.25) is 0 Å². The molecular weight excluding hydrogens is 196 g/mol. The van der Waals surface area contributed by atoms with Crippen molar-refractivity contribution in [3.05, 3.63) is 29.8 Å². The predicted octanol–water partition coefficient (Wildman–Crippen LogP) is 3.22. The normalized spacial score (nSPS) is 16.2. The molecule has 0 atom stereocenters. The van der Waals surface area contributed by atoms with Gasteiger partial charge in [-0.1, -0.05) is 26.0 Å². The van der Waals surface area contributed by atoms with Crippen molar-refractivity contribution in [2.75, 3.05) is 25.5 Å². The SMILES string of the molecule is CC.CNc1cccc(C2CCNCC2)c1. The molecular formula is C14H24N2. The summed E-state index contributed by atoms with van der Waals surface area (Å²) >= 11 is 0. The second-order valence-electron chi connectivity index (χ2n) is 3.90. The van der Waals surface area contributed by atoms with Crippen LogP contribution < -0.4 is 10.6 Å². The van der Waals surface area contributed by atoms with Crippen LogP contribution in [0.4, 0.5) is 5.69 Å². The average Bonchev–Trinajstić information content (AvgIpc) is 2.42. The van der Waals surface area contributed by atoms with E-state index in [-0.39, 0.29) is 0 Å². The molecule has 0 aromatic heterocycles. The smallest absolute Gasteiger partial charge is 0.0340 e. The van der Waals surface area contributed by atoms with Crippen molar-refractivity contribution in [3.8, 4) is 0 Å². The van der Waals surface area contributed by atoms with Gasteiger partial charge in [-0.2, -0.15) is 0 Å². The van der Waals surface area contributed by atoms with E-state index in [9.17, 15) is 0 Å². The molecule has 1 aliphatic heterocycles. The molecule has 1 heterocycles. The van der Waals surface area contributed by atoms with Gasteiger partial charge in [-0.25, -0.2) is 0 Å². The van der Waals surface area contributed by atoms with Crippen LogP contribution in [0, 0.1) is 0 Å². The minimum absolute atomic E-state index is 0.754. The van der Waals surface area contributed by atoms with E-state index in [0.717, 1.165) is 19.0 Å². The lowest BCUT2D eigenvalue weighted by Gasteiger charge is -2.23. The summed E-state index contributed by atoms with van der Waals surface area (Å²) in [7, 11) is 1.97. The summed E-state index contributed by atoms with van der Waals surface area (Å²) in [6.07, 6.45) is 2.54. The number of hydrogen-bond donors (Lipinski definition) is 2. The highest BCUT2D eigenvalue weighted by Crippen LogP contribution is 2.26. The van der Waals surface area contributed by atoms with E-state index in [1.807, 2.05) is 20.9 Å². The first-order valence-electron chi connectivity index (χ1n) is 6.38. The number of hydrogen-bond acceptors (Lipinski definition) is 2. The molecule has 90 valence electrons. The maximum atomic E-state index is 3.40. The molecule has 0 spiro atoms. The molecule has 1 aromatic carbocycles. The second-order valence-corrected chi connectivity index (χ2v) is 3.90. The van der Waals surface area contributed by atoms with Crippen molar-refractivity contribution in [3.63, 3.8) is 0 Å². The number of benzene rings is 1. The van der Waals surface area contributed by atoms with Crippen LogP contribution in [-0.4, -0.2) is 20.1 Å². The van der Waals surface area contributed by atoms with Gasteiger partial charge in [-0.15, -0.1) is 0 Å². The minimum atomic E-state index is 0.754. The first-order valence-corrected chi connectivity index (χ1v) is 6.38. The van der Waals surface area contributed by atoms with E-state index in [4.69, 9.17) is 0 Å². The van der Waals surface area contributed by atoms with Crippen LogP contribution in [0.15, 0.2) is 24.3 Å².